The Labute approximate surface area is 146 Å². The number of amides is 2. The van der Waals surface area contributed by atoms with Gasteiger partial charge in [0.1, 0.15) is 5.82 Å². The highest BCUT2D eigenvalue weighted by molar-refractivity contribution is 6.21. The fourth-order valence-corrected chi connectivity index (χ4v) is 2.69. The zero-order chi connectivity index (χ0) is 17.6. The highest BCUT2D eigenvalue weighted by atomic mass is 16.2. The van der Waals surface area contributed by atoms with Gasteiger partial charge < -0.3 is 5.32 Å². The normalized spacial score (nSPS) is 12.8. The molecule has 0 fully saturated rings. The van der Waals surface area contributed by atoms with Crippen molar-refractivity contribution in [3.05, 3.63) is 47.2 Å². The van der Waals surface area contributed by atoms with Gasteiger partial charge in [0.05, 0.1) is 22.9 Å². The minimum atomic E-state index is -0.213. The van der Waals surface area contributed by atoms with E-state index in [0.29, 0.717) is 30.5 Å². The van der Waals surface area contributed by atoms with Gasteiger partial charge in [0, 0.05) is 19.5 Å². The Bertz CT molecular complexity index is 809. The summed E-state index contributed by atoms with van der Waals surface area (Å²) in [6, 6.07) is 6.93. The minimum absolute atomic E-state index is 0.213. The Morgan fingerprint density at radius 3 is 2.60 bits per heavy atom. The third-order valence-electron chi connectivity index (χ3n) is 3.98. The third kappa shape index (κ3) is 3.56. The summed E-state index contributed by atoms with van der Waals surface area (Å²) in [6.07, 6.45) is 3.96. The van der Waals surface area contributed by atoms with E-state index in [9.17, 15) is 9.59 Å². The lowest BCUT2D eigenvalue weighted by Crippen LogP contribution is -2.30. The van der Waals surface area contributed by atoms with Crippen molar-refractivity contribution in [2.75, 3.05) is 18.4 Å². The average Bonchev–Trinajstić information content (AvgIpc) is 3.17. The summed E-state index contributed by atoms with van der Waals surface area (Å²) in [6.45, 7) is 3.33. The van der Waals surface area contributed by atoms with E-state index < -0.39 is 0 Å². The maximum absolute atomic E-state index is 12.3. The molecule has 1 aliphatic rings. The fraction of sp³-hybridized carbons (Fsp3) is 0.316. The molecule has 1 aromatic heterocycles. The maximum Gasteiger partial charge on any atom is 0.261 e. The molecule has 2 heterocycles. The highest BCUT2D eigenvalue weighted by Crippen LogP contribution is 2.22. The summed E-state index contributed by atoms with van der Waals surface area (Å²) in [5.41, 5.74) is 1.81. The summed E-state index contributed by atoms with van der Waals surface area (Å²) in [7, 11) is 0. The van der Waals surface area contributed by atoms with Gasteiger partial charge in [-0.15, -0.1) is 0 Å². The first kappa shape index (κ1) is 16.8. The molecule has 0 saturated heterocycles. The number of hydrogen-bond acceptors (Lipinski definition) is 4. The van der Waals surface area contributed by atoms with Gasteiger partial charge in [0.25, 0.3) is 11.8 Å². The number of hydrogen-bond donors (Lipinski definition) is 2. The van der Waals surface area contributed by atoms with Crippen molar-refractivity contribution < 1.29 is 9.59 Å². The topological polar surface area (TPSA) is 78.1 Å². The molecule has 2 N–H and O–H groups in total. The summed E-state index contributed by atoms with van der Waals surface area (Å²) in [5.74, 6) is 6.55. The highest BCUT2D eigenvalue weighted by Gasteiger charge is 2.34. The first-order valence-corrected chi connectivity index (χ1v) is 8.43. The monoisotopic (exact) mass is 336 g/mol. The second-order valence-corrected chi connectivity index (χ2v) is 5.80. The van der Waals surface area contributed by atoms with E-state index in [-0.39, 0.29) is 11.8 Å². The van der Waals surface area contributed by atoms with Gasteiger partial charge in [-0.1, -0.05) is 30.9 Å². The molecule has 128 valence electrons. The zero-order valence-electron chi connectivity index (χ0n) is 14.1. The predicted octanol–water partition coefficient (Wildman–Crippen LogP) is 2.66. The Kier molecular flexibility index (Phi) is 5.14. The number of carbonyl (C=O) groups excluding carboxylic acids is 2. The van der Waals surface area contributed by atoms with Crippen LogP contribution in [-0.4, -0.2) is 40.0 Å². The Balaban J connectivity index is 1.53. The van der Waals surface area contributed by atoms with Gasteiger partial charge in [-0.05, 0) is 25.0 Å². The van der Waals surface area contributed by atoms with Crippen LogP contribution in [-0.2, 0) is 0 Å². The van der Waals surface area contributed by atoms with E-state index in [1.807, 2.05) is 0 Å². The fourth-order valence-electron chi connectivity index (χ4n) is 2.69. The molecule has 1 aromatic carbocycles. The van der Waals surface area contributed by atoms with Crippen LogP contribution < -0.4 is 5.32 Å². The molecule has 0 bridgehead atoms. The third-order valence-corrected chi connectivity index (χ3v) is 3.98. The molecule has 6 nitrogen and oxygen atoms in total. The second-order valence-electron chi connectivity index (χ2n) is 5.80. The van der Waals surface area contributed by atoms with Gasteiger partial charge >= 0.3 is 0 Å². The number of fused-ring (bicyclic) bond motifs is 1. The predicted molar refractivity (Wildman–Crippen MR) is 95.3 cm³/mol. The van der Waals surface area contributed by atoms with Crippen LogP contribution in [0.4, 0.5) is 5.82 Å². The summed E-state index contributed by atoms with van der Waals surface area (Å²) >= 11 is 0. The van der Waals surface area contributed by atoms with Crippen molar-refractivity contribution in [3.8, 4) is 11.8 Å². The molecule has 2 amide bonds. The Morgan fingerprint density at radius 1 is 1.20 bits per heavy atom. The van der Waals surface area contributed by atoms with E-state index in [2.05, 4.69) is 34.3 Å². The molecule has 0 spiro atoms. The Hall–Kier alpha value is -3.07. The quantitative estimate of drug-likeness (QED) is 0.483. The van der Waals surface area contributed by atoms with Crippen LogP contribution in [0.2, 0.25) is 0 Å². The van der Waals surface area contributed by atoms with E-state index >= 15 is 0 Å². The lowest BCUT2D eigenvalue weighted by Gasteiger charge is -2.12. The summed E-state index contributed by atoms with van der Waals surface area (Å²) < 4.78 is 0. The molecule has 0 aliphatic carbocycles. The molecular formula is C19H20N4O2. The minimum Gasteiger partial charge on any atom is -0.369 e. The van der Waals surface area contributed by atoms with E-state index in [1.54, 1.807) is 30.5 Å². The lowest BCUT2D eigenvalue weighted by molar-refractivity contribution is 0.0653. The number of unbranched alkanes of at least 4 members (excludes halogenated alkanes) is 1. The number of nitrogens with one attached hydrogen (secondary N) is 2. The molecule has 25 heavy (non-hydrogen) atoms. The molecule has 0 saturated carbocycles. The number of imide groups is 1. The number of aromatic nitrogens is 2. The summed E-state index contributed by atoms with van der Waals surface area (Å²) in [5, 5.41) is 10.1. The van der Waals surface area contributed by atoms with Crippen LogP contribution in [0.3, 0.4) is 0 Å². The van der Waals surface area contributed by atoms with E-state index in [0.717, 1.165) is 24.3 Å². The molecule has 6 heteroatoms. The maximum atomic E-state index is 12.3. The van der Waals surface area contributed by atoms with Crippen molar-refractivity contribution in [2.24, 2.45) is 0 Å². The van der Waals surface area contributed by atoms with Gasteiger partial charge in [-0.25, -0.2) is 0 Å². The van der Waals surface area contributed by atoms with Crippen LogP contribution in [0.1, 0.15) is 52.5 Å². The van der Waals surface area contributed by atoms with Crippen molar-refractivity contribution in [1.82, 2.24) is 15.1 Å². The first-order chi connectivity index (χ1) is 12.2. The van der Waals surface area contributed by atoms with Crippen molar-refractivity contribution in [2.45, 2.75) is 26.2 Å². The first-order valence-electron chi connectivity index (χ1n) is 8.43. The van der Waals surface area contributed by atoms with Crippen molar-refractivity contribution >= 4 is 17.6 Å². The average molecular weight is 336 g/mol. The molecule has 3 rings (SSSR count). The van der Waals surface area contributed by atoms with Crippen LogP contribution in [0.25, 0.3) is 0 Å². The second kappa shape index (κ2) is 7.67. The molecule has 1 aliphatic heterocycles. The van der Waals surface area contributed by atoms with E-state index in [1.165, 1.54) is 4.90 Å². The van der Waals surface area contributed by atoms with Crippen LogP contribution in [0.5, 0.6) is 0 Å². The number of nitrogens with zero attached hydrogens (tertiary/aromatic N) is 2. The van der Waals surface area contributed by atoms with Crippen LogP contribution in [0, 0.1) is 11.8 Å². The number of rotatable bonds is 6. The lowest BCUT2D eigenvalue weighted by atomic mass is 10.1. The number of H-pyrrole nitrogens is 1. The SMILES string of the molecule is CCCNc1[nH]ncc1C#CCCCN1C(=O)c2ccccc2C1=O. The number of aromatic amines is 1. The number of anilines is 1. The summed E-state index contributed by atoms with van der Waals surface area (Å²) in [4.78, 5) is 25.8. The van der Waals surface area contributed by atoms with Crippen LogP contribution in [0.15, 0.2) is 30.5 Å². The molecular weight excluding hydrogens is 316 g/mol. The molecule has 0 atom stereocenters. The van der Waals surface area contributed by atoms with Gasteiger partial charge in [0.15, 0.2) is 0 Å². The largest absolute Gasteiger partial charge is 0.369 e. The standard InChI is InChI=1S/C19H20N4O2/c1-2-11-20-17-14(13-21-22-17)8-4-3-7-12-23-18(24)15-9-5-6-10-16(15)19(23)25/h5-6,9-10,13H,2-3,7,11-12H2,1H3,(H2,20,21,22). The number of benzene rings is 1. The van der Waals surface area contributed by atoms with Gasteiger partial charge in [0.2, 0.25) is 0 Å². The Morgan fingerprint density at radius 2 is 1.92 bits per heavy atom. The molecule has 0 unspecified atom stereocenters. The van der Waals surface area contributed by atoms with Gasteiger partial charge in [-0.2, -0.15) is 5.10 Å². The zero-order valence-corrected chi connectivity index (χ0v) is 14.1. The van der Waals surface area contributed by atoms with Gasteiger partial charge in [-0.3, -0.25) is 19.6 Å². The number of carbonyl (C=O) groups is 2. The van der Waals surface area contributed by atoms with Crippen molar-refractivity contribution in [3.63, 3.8) is 0 Å². The van der Waals surface area contributed by atoms with Crippen LogP contribution >= 0.6 is 0 Å². The molecule has 0 radical (unpaired) electrons. The smallest absolute Gasteiger partial charge is 0.261 e. The van der Waals surface area contributed by atoms with E-state index in [4.69, 9.17) is 0 Å². The molecule has 2 aromatic rings. The van der Waals surface area contributed by atoms with Crippen molar-refractivity contribution in [1.29, 1.82) is 0 Å².